The van der Waals surface area contributed by atoms with E-state index in [1.165, 1.54) is 5.56 Å². The lowest BCUT2D eigenvalue weighted by Gasteiger charge is -1.98. The van der Waals surface area contributed by atoms with Crippen LogP contribution in [-0.4, -0.2) is 13.2 Å². The van der Waals surface area contributed by atoms with Crippen molar-refractivity contribution in [2.45, 2.75) is 12.8 Å². The Balaban J connectivity index is 2.23. The molecule has 81 valence electrons. The number of ether oxygens (including phenoxy) is 1. The average Bonchev–Trinajstić information content (AvgIpc) is 2.26. The second-order valence-electron chi connectivity index (χ2n) is 3.24. The second-order valence-corrected chi connectivity index (χ2v) is 4.15. The Labute approximate surface area is 100 Å². The van der Waals surface area contributed by atoms with Crippen molar-refractivity contribution >= 4 is 22.0 Å². The monoisotopic (exact) mass is 267 g/mol. The molecule has 0 amide bonds. The van der Waals surface area contributed by atoms with Crippen molar-refractivity contribution in [3.63, 3.8) is 0 Å². The van der Waals surface area contributed by atoms with E-state index in [9.17, 15) is 0 Å². The minimum absolute atomic E-state index is 0.677. The lowest BCUT2D eigenvalue weighted by molar-refractivity contribution is 0.160. The quantitative estimate of drug-likeness (QED) is 0.706. The summed E-state index contributed by atoms with van der Waals surface area (Å²) in [5.41, 5.74) is 1.19. The number of hydrogen-bond acceptors (Lipinski definition) is 1. The van der Waals surface area contributed by atoms with Crippen molar-refractivity contribution in [2.75, 3.05) is 13.2 Å². The lowest BCUT2D eigenvalue weighted by Crippen LogP contribution is -1.92. The van der Waals surface area contributed by atoms with E-state index in [0.717, 1.165) is 23.9 Å². The highest BCUT2D eigenvalue weighted by Crippen LogP contribution is 2.11. The Bertz CT molecular complexity index is 290. The maximum absolute atomic E-state index is 5.38. The zero-order chi connectivity index (χ0) is 10.9. The first-order valence-corrected chi connectivity index (χ1v) is 5.91. The molecule has 1 aromatic carbocycles. The number of halogens is 1. The van der Waals surface area contributed by atoms with Crippen LogP contribution in [0.2, 0.25) is 0 Å². The molecule has 0 aliphatic heterocycles. The van der Waals surface area contributed by atoms with Crippen molar-refractivity contribution in [2.24, 2.45) is 0 Å². The fourth-order valence-electron chi connectivity index (χ4n) is 1.11. The normalized spacial score (nSPS) is 11.1. The fourth-order valence-corrected chi connectivity index (χ4v) is 1.38. The molecule has 0 N–H and O–H groups in total. The van der Waals surface area contributed by atoms with Gasteiger partial charge in [0.25, 0.3) is 0 Å². The van der Waals surface area contributed by atoms with Crippen LogP contribution in [0.15, 0.2) is 34.8 Å². The van der Waals surface area contributed by atoms with Gasteiger partial charge in [-0.3, -0.25) is 0 Å². The maximum Gasteiger partial charge on any atom is 0.0650 e. The molecular formula is C13H16BrO. The van der Waals surface area contributed by atoms with Gasteiger partial charge in [0.15, 0.2) is 0 Å². The standard InChI is InChI=1S/C13H16BrO/c1-2-3-10-15-11-4-5-12-6-8-13(14)9-7-12/h4-9H,1-3,10-11H2. The molecule has 0 aliphatic rings. The first-order chi connectivity index (χ1) is 7.33. The first-order valence-electron chi connectivity index (χ1n) is 5.12. The van der Waals surface area contributed by atoms with Crippen molar-refractivity contribution < 1.29 is 4.74 Å². The molecule has 1 aromatic rings. The van der Waals surface area contributed by atoms with Gasteiger partial charge < -0.3 is 4.74 Å². The fraction of sp³-hybridized carbons (Fsp3) is 0.308. The van der Waals surface area contributed by atoms with E-state index in [1.807, 2.05) is 18.2 Å². The molecule has 0 unspecified atom stereocenters. The van der Waals surface area contributed by atoms with Crippen LogP contribution in [0, 0.1) is 6.92 Å². The zero-order valence-corrected chi connectivity index (χ0v) is 10.4. The minimum atomic E-state index is 0.677. The van der Waals surface area contributed by atoms with Crippen LogP contribution in [0.5, 0.6) is 0 Å². The van der Waals surface area contributed by atoms with Crippen molar-refractivity contribution in [1.29, 1.82) is 0 Å². The largest absolute Gasteiger partial charge is 0.377 e. The smallest absolute Gasteiger partial charge is 0.0650 e. The van der Waals surface area contributed by atoms with Gasteiger partial charge in [0.05, 0.1) is 6.61 Å². The Kier molecular flexibility index (Phi) is 6.37. The molecule has 0 atom stereocenters. The third-order valence-corrected chi connectivity index (χ3v) is 2.46. The molecule has 0 heterocycles. The van der Waals surface area contributed by atoms with Crippen LogP contribution in [0.3, 0.4) is 0 Å². The van der Waals surface area contributed by atoms with Gasteiger partial charge in [-0.1, -0.05) is 53.6 Å². The average molecular weight is 268 g/mol. The summed E-state index contributed by atoms with van der Waals surface area (Å²) >= 11 is 3.40. The van der Waals surface area contributed by atoms with Gasteiger partial charge in [-0.2, -0.15) is 0 Å². The van der Waals surface area contributed by atoms with Crippen LogP contribution in [0.1, 0.15) is 18.4 Å². The lowest BCUT2D eigenvalue weighted by atomic mass is 10.2. The van der Waals surface area contributed by atoms with E-state index in [4.69, 9.17) is 4.74 Å². The molecule has 0 aromatic heterocycles. The Morgan fingerprint density at radius 3 is 2.67 bits per heavy atom. The highest BCUT2D eigenvalue weighted by molar-refractivity contribution is 9.10. The minimum Gasteiger partial charge on any atom is -0.377 e. The van der Waals surface area contributed by atoms with E-state index in [1.54, 1.807) is 0 Å². The van der Waals surface area contributed by atoms with Gasteiger partial charge in [0, 0.05) is 11.1 Å². The first kappa shape index (κ1) is 12.5. The maximum atomic E-state index is 5.38. The van der Waals surface area contributed by atoms with Crippen molar-refractivity contribution in [1.82, 2.24) is 0 Å². The third kappa shape index (κ3) is 5.75. The summed E-state index contributed by atoms with van der Waals surface area (Å²) in [5.74, 6) is 0. The highest BCUT2D eigenvalue weighted by Gasteiger charge is 1.87. The number of benzene rings is 1. The Morgan fingerprint density at radius 2 is 2.00 bits per heavy atom. The van der Waals surface area contributed by atoms with Crippen molar-refractivity contribution in [3.8, 4) is 0 Å². The van der Waals surface area contributed by atoms with Crippen LogP contribution in [0.25, 0.3) is 6.08 Å². The van der Waals surface area contributed by atoms with Gasteiger partial charge in [-0.25, -0.2) is 0 Å². The van der Waals surface area contributed by atoms with E-state index in [0.29, 0.717) is 6.61 Å². The predicted molar refractivity (Wildman–Crippen MR) is 68.6 cm³/mol. The second kappa shape index (κ2) is 7.66. The summed E-state index contributed by atoms with van der Waals surface area (Å²) in [7, 11) is 0. The molecule has 0 saturated heterocycles. The van der Waals surface area contributed by atoms with Gasteiger partial charge in [0.2, 0.25) is 0 Å². The van der Waals surface area contributed by atoms with E-state index >= 15 is 0 Å². The molecule has 0 fully saturated rings. The van der Waals surface area contributed by atoms with Gasteiger partial charge >= 0.3 is 0 Å². The summed E-state index contributed by atoms with van der Waals surface area (Å²) in [4.78, 5) is 0. The van der Waals surface area contributed by atoms with E-state index in [2.05, 4.69) is 41.1 Å². The number of rotatable bonds is 6. The molecule has 1 radical (unpaired) electrons. The van der Waals surface area contributed by atoms with Gasteiger partial charge in [-0.05, 0) is 24.1 Å². The Morgan fingerprint density at radius 1 is 1.27 bits per heavy atom. The predicted octanol–water partition coefficient (Wildman–Crippen LogP) is 4.09. The van der Waals surface area contributed by atoms with Gasteiger partial charge in [-0.15, -0.1) is 0 Å². The molecule has 0 saturated carbocycles. The SMILES string of the molecule is [CH2]CCCOCC=Cc1ccc(Br)cc1. The Hall–Kier alpha value is -0.600. The molecule has 0 spiro atoms. The summed E-state index contributed by atoms with van der Waals surface area (Å²) in [6.45, 7) is 5.23. The molecule has 15 heavy (non-hydrogen) atoms. The summed E-state index contributed by atoms with van der Waals surface area (Å²) < 4.78 is 6.49. The highest BCUT2D eigenvalue weighted by atomic mass is 79.9. The zero-order valence-electron chi connectivity index (χ0n) is 8.79. The van der Waals surface area contributed by atoms with E-state index in [-0.39, 0.29) is 0 Å². The molecule has 0 bridgehead atoms. The topological polar surface area (TPSA) is 9.23 Å². The van der Waals surface area contributed by atoms with E-state index < -0.39 is 0 Å². The summed E-state index contributed by atoms with van der Waals surface area (Å²) in [5, 5.41) is 0. The molecule has 1 nitrogen and oxygen atoms in total. The summed E-state index contributed by atoms with van der Waals surface area (Å²) in [6.07, 6.45) is 6.07. The molecule has 2 heteroatoms. The van der Waals surface area contributed by atoms with Gasteiger partial charge in [0.1, 0.15) is 0 Å². The van der Waals surface area contributed by atoms with Crippen molar-refractivity contribution in [3.05, 3.63) is 47.3 Å². The van der Waals surface area contributed by atoms with Crippen LogP contribution in [0.4, 0.5) is 0 Å². The number of unbranched alkanes of at least 4 members (excludes halogenated alkanes) is 1. The van der Waals surface area contributed by atoms with Crippen LogP contribution >= 0.6 is 15.9 Å². The third-order valence-electron chi connectivity index (χ3n) is 1.93. The molecule has 0 aliphatic carbocycles. The molecular weight excluding hydrogens is 252 g/mol. The molecule has 1 rings (SSSR count). The summed E-state index contributed by atoms with van der Waals surface area (Å²) in [6, 6.07) is 8.19. The number of hydrogen-bond donors (Lipinski definition) is 0. The van der Waals surface area contributed by atoms with Crippen LogP contribution < -0.4 is 0 Å². The van der Waals surface area contributed by atoms with Crippen LogP contribution in [-0.2, 0) is 4.74 Å².